The van der Waals surface area contributed by atoms with Crippen molar-refractivity contribution in [3.05, 3.63) is 82.9 Å². The zero-order valence-electron chi connectivity index (χ0n) is 17.8. The number of carbonyl (C=O) groups excluding carboxylic acids is 2. The summed E-state index contributed by atoms with van der Waals surface area (Å²) in [7, 11) is -3.93. The second-order valence-electron chi connectivity index (χ2n) is 7.37. The molecule has 0 radical (unpaired) electrons. The molecule has 33 heavy (non-hydrogen) atoms. The molecule has 3 aromatic carbocycles. The summed E-state index contributed by atoms with van der Waals surface area (Å²) in [6.45, 7) is 3.53. The summed E-state index contributed by atoms with van der Waals surface area (Å²) in [4.78, 5) is 25.0. The number of hydrazine groups is 1. The molecule has 0 bridgehead atoms. The van der Waals surface area contributed by atoms with Gasteiger partial charge in [-0.05, 0) is 61.4 Å². The summed E-state index contributed by atoms with van der Waals surface area (Å²) >= 11 is 0. The zero-order valence-corrected chi connectivity index (χ0v) is 18.7. The Bertz CT molecular complexity index is 1350. The highest BCUT2D eigenvalue weighted by molar-refractivity contribution is 7.92. The van der Waals surface area contributed by atoms with Gasteiger partial charge in [0.1, 0.15) is 0 Å². The third-order valence-corrected chi connectivity index (χ3v) is 6.44. The van der Waals surface area contributed by atoms with Gasteiger partial charge in [-0.3, -0.25) is 25.2 Å². The first-order valence-electron chi connectivity index (χ1n) is 9.94. The normalized spacial score (nSPS) is 12.2. The maximum absolute atomic E-state index is 12.8. The number of ether oxygens (including phenoxy) is 2. The number of hydrogen-bond donors (Lipinski definition) is 3. The molecule has 3 aromatic rings. The van der Waals surface area contributed by atoms with Gasteiger partial charge in [0.15, 0.2) is 11.5 Å². The van der Waals surface area contributed by atoms with Crippen molar-refractivity contribution in [2.45, 2.75) is 18.7 Å². The number of rotatable bonds is 5. The van der Waals surface area contributed by atoms with E-state index in [4.69, 9.17) is 9.47 Å². The Balaban J connectivity index is 1.48. The smallest absolute Gasteiger partial charge is 0.270 e. The molecule has 3 N–H and O–H groups in total. The molecule has 9 nitrogen and oxygen atoms in total. The Morgan fingerprint density at radius 2 is 1.55 bits per heavy atom. The fourth-order valence-corrected chi connectivity index (χ4v) is 4.35. The van der Waals surface area contributed by atoms with E-state index in [2.05, 4.69) is 15.6 Å². The molecule has 1 heterocycles. The minimum atomic E-state index is -3.93. The van der Waals surface area contributed by atoms with Gasteiger partial charge in [0.2, 0.25) is 6.79 Å². The topological polar surface area (TPSA) is 123 Å². The Kier molecular flexibility index (Phi) is 5.93. The Morgan fingerprint density at radius 1 is 0.818 bits per heavy atom. The summed E-state index contributed by atoms with van der Waals surface area (Å²) in [5, 5.41) is 0. The molecule has 0 unspecified atom stereocenters. The van der Waals surface area contributed by atoms with Gasteiger partial charge in [-0.1, -0.05) is 24.3 Å². The van der Waals surface area contributed by atoms with Crippen LogP contribution in [0.1, 0.15) is 31.8 Å². The summed E-state index contributed by atoms with van der Waals surface area (Å²) in [5.41, 5.74) is 6.75. The second-order valence-corrected chi connectivity index (χ2v) is 9.06. The van der Waals surface area contributed by atoms with Crippen molar-refractivity contribution in [3.63, 3.8) is 0 Å². The maximum Gasteiger partial charge on any atom is 0.270 e. The van der Waals surface area contributed by atoms with Gasteiger partial charge < -0.3 is 9.47 Å². The second kappa shape index (κ2) is 8.83. The standard InChI is InChI=1S/C23H21N3O6S/c1-14-7-9-17(33(29,30)26-19-6-4-3-5-15(19)2)12-18(14)23(28)25-24-22(27)16-8-10-20-21(11-16)32-13-31-20/h3-12,26H,13H2,1-2H3,(H,24,27)(H,25,28). The van der Waals surface area contributed by atoms with E-state index in [1.165, 1.54) is 30.3 Å². The molecule has 1 aliphatic heterocycles. The first-order valence-corrected chi connectivity index (χ1v) is 11.4. The van der Waals surface area contributed by atoms with Crippen LogP contribution in [0.25, 0.3) is 0 Å². The van der Waals surface area contributed by atoms with Crippen LogP contribution in [0.3, 0.4) is 0 Å². The van der Waals surface area contributed by atoms with Crippen molar-refractivity contribution in [1.29, 1.82) is 0 Å². The minimum absolute atomic E-state index is 0.0777. The maximum atomic E-state index is 12.8. The van der Waals surface area contributed by atoms with Crippen molar-refractivity contribution in [1.82, 2.24) is 10.9 Å². The fraction of sp³-hybridized carbons (Fsp3) is 0.130. The molecule has 0 atom stereocenters. The van der Waals surface area contributed by atoms with Gasteiger partial charge >= 0.3 is 0 Å². The summed E-state index contributed by atoms with van der Waals surface area (Å²) in [6, 6.07) is 15.8. The van der Waals surface area contributed by atoms with Gasteiger partial charge in [0.25, 0.3) is 21.8 Å². The predicted octanol–water partition coefficient (Wildman–Crippen LogP) is 2.91. The van der Waals surface area contributed by atoms with Gasteiger partial charge in [0.05, 0.1) is 10.6 Å². The van der Waals surface area contributed by atoms with E-state index in [-0.39, 0.29) is 22.8 Å². The highest BCUT2D eigenvalue weighted by Gasteiger charge is 2.20. The lowest BCUT2D eigenvalue weighted by molar-refractivity contribution is 0.0846. The van der Waals surface area contributed by atoms with Gasteiger partial charge in [-0.15, -0.1) is 0 Å². The monoisotopic (exact) mass is 467 g/mol. The van der Waals surface area contributed by atoms with E-state index in [9.17, 15) is 18.0 Å². The predicted molar refractivity (Wildman–Crippen MR) is 121 cm³/mol. The number of nitrogens with one attached hydrogen (secondary N) is 3. The average Bonchev–Trinajstić information content (AvgIpc) is 3.27. The number of aryl methyl sites for hydroxylation is 2. The van der Waals surface area contributed by atoms with Crippen LogP contribution < -0.4 is 25.0 Å². The SMILES string of the molecule is Cc1ccccc1NS(=O)(=O)c1ccc(C)c(C(=O)NNC(=O)c2ccc3c(c2)OCO3)c1. The van der Waals surface area contributed by atoms with Gasteiger partial charge in [-0.25, -0.2) is 8.42 Å². The number of para-hydroxylation sites is 1. The first-order chi connectivity index (χ1) is 15.7. The van der Waals surface area contributed by atoms with Crippen molar-refractivity contribution in [2.75, 3.05) is 11.5 Å². The van der Waals surface area contributed by atoms with E-state index >= 15 is 0 Å². The number of amides is 2. The third-order valence-electron chi connectivity index (χ3n) is 5.08. The van der Waals surface area contributed by atoms with E-state index in [0.717, 1.165) is 5.56 Å². The fourth-order valence-electron chi connectivity index (χ4n) is 3.19. The quantitative estimate of drug-likeness (QED) is 0.496. The van der Waals surface area contributed by atoms with Crippen LogP contribution in [-0.4, -0.2) is 27.0 Å². The highest BCUT2D eigenvalue weighted by Crippen LogP contribution is 2.32. The van der Waals surface area contributed by atoms with Gasteiger partial charge in [0, 0.05) is 11.1 Å². The number of anilines is 1. The van der Waals surface area contributed by atoms with Crippen LogP contribution in [0, 0.1) is 13.8 Å². The number of hydrogen-bond acceptors (Lipinski definition) is 6. The molecule has 4 rings (SSSR count). The van der Waals surface area contributed by atoms with Crippen LogP contribution in [0.2, 0.25) is 0 Å². The molecule has 0 fully saturated rings. The first kappa shape index (κ1) is 22.2. The van der Waals surface area contributed by atoms with E-state index in [1.54, 1.807) is 44.2 Å². The van der Waals surface area contributed by atoms with Crippen molar-refractivity contribution in [3.8, 4) is 11.5 Å². The van der Waals surface area contributed by atoms with Crippen LogP contribution in [0.4, 0.5) is 5.69 Å². The zero-order chi connectivity index (χ0) is 23.6. The molecule has 2 amide bonds. The van der Waals surface area contributed by atoms with E-state index in [0.29, 0.717) is 22.7 Å². The molecule has 0 aromatic heterocycles. The number of carbonyl (C=O) groups is 2. The van der Waals surface area contributed by atoms with Crippen LogP contribution >= 0.6 is 0 Å². The van der Waals surface area contributed by atoms with Crippen LogP contribution in [0.5, 0.6) is 11.5 Å². The Morgan fingerprint density at radius 3 is 2.33 bits per heavy atom. The summed E-state index contributed by atoms with van der Waals surface area (Å²) in [6.07, 6.45) is 0. The number of sulfonamides is 1. The lowest BCUT2D eigenvalue weighted by atomic mass is 10.1. The Labute approximate surface area is 190 Å². The van der Waals surface area contributed by atoms with Crippen molar-refractivity contribution >= 4 is 27.5 Å². The van der Waals surface area contributed by atoms with E-state index < -0.39 is 21.8 Å². The summed E-state index contributed by atoms with van der Waals surface area (Å²) < 4.78 is 38.7. The van der Waals surface area contributed by atoms with E-state index in [1.807, 2.05) is 0 Å². The molecular formula is C23H21N3O6S. The number of fused-ring (bicyclic) bond motifs is 1. The average molecular weight is 468 g/mol. The van der Waals surface area contributed by atoms with Gasteiger partial charge in [-0.2, -0.15) is 0 Å². The Hall–Kier alpha value is -4.05. The minimum Gasteiger partial charge on any atom is -0.454 e. The molecule has 170 valence electrons. The molecule has 1 aliphatic rings. The lowest BCUT2D eigenvalue weighted by Gasteiger charge is -2.13. The lowest BCUT2D eigenvalue weighted by Crippen LogP contribution is -2.41. The molecule has 0 saturated heterocycles. The third kappa shape index (κ3) is 4.75. The highest BCUT2D eigenvalue weighted by atomic mass is 32.2. The van der Waals surface area contributed by atoms with Crippen molar-refractivity contribution in [2.24, 2.45) is 0 Å². The molecule has 10 heteroatoms. The summed E-state index contributed by atoms with van der Waals surface area (Å²) in [5.74, 6) is -0.258. The van der Waals surface area contributed by atoms with Crippen LogP contribution in [-0.2, 0) is 10.0 Å². The molecule has 0 spiro atoms. The molecule has 0 aliphatic carbocycles. The molecular weight excluding hydrogens is 446 g/mol. The van der Waals surface area contributed by atoms with Crippen molar-refractivity contribution < 1.29 is 27.5 Å². The molecule has 0 saturated carbocycles. The largest absolute Gasteiger partial charge is 0.454 e. The van der Waals surface area contributed by atoms with Crippen LogP contribution in [0.15, 0.2) is 65.6 Å². The number of benzene rings is 3.